The molecule has 3 rings (SSSR count). The minimum atomic E-state index is -0.0828. The summed E-state index contributed by atoms with van der Waals surface area (Å²) in [6, 6.07) is 13.5. The maximum atomic E-state index is 12.4. The Morgan fingerprint density at radius 1 is 1.21 bits per heavy atom. The molecule has 0 radical (unpaired) electrons. The standard InChI is InChI=1S/C18H20N4OS/c1-14(16-6-4-15(13-19)5-7-16)20-18(23)22-10-8-21(9-11-22)17-3-2-12-24-17/h2-7,12,14H,8-11H2,1H3,(H,20,23)/t14-/m1/s1. The zero-order valence-corrected chi connectivity index (χ0v) is 14.4. The van der Waals surface area contributed by atoms with Crippen molar-refractivity contribution >= 4 is 22.4 Å². The molecule has 0 saturated carbocycles. The minimum absolute atomic E-state index is 0.0299. The molecule has 2 heterocycles. The van der Waals surface area contributed by atoms with Crippen LogP contribution in [-0.4, -0.2) is 37.1 Å². The van der Waals surface area contributed by atoms with E-state index >= 15 is 0 Å². The number of amides is 2. The Kier molecular flexibility index (Phi) is 5.02. The van der Waals surface area contributed by atoms with Crippen molar-refractivity contribution in [2.24, 2.45) is 0 Å². The van der Waals surface area contributed by atoms with E-state index in [9.17, 15) is 4.79 Å². The van der Waals surface area contributed by atoms with Crippen LogP contribution in [0.5, 0.6) is 0 Å². The minimum Gasteiger partial charge on any atom is -0.360 e. The molecule has 1 atom stereocenters. The van der Waals surface area contributed by atoms with E-state index in [1.54, 1.807) is 23.5 Å². The Balaban J connectivity index is 1.52. The van der Waals surface area contributed by atoms with Crippen LogP contribution in [0.4, 0.5) is 9.80 Å². The predicted octanol–water partition coefficient (Wildman–Crippen LogP) is 3.21. The van der Waals surface area contributed by atoms with Gasteiger partial charge in [0.15, 0.2) is 0 Å². The third kappa shape index (κ3) is 3.69. The Labute approximate surface area is 146 Å². The number of rotatable bonds is 3. The van der Waals surface area contributed by atoms with Gasteiger partial charge in [0.1, 0.15) is 0 Å². The van der Waals surface area contributed by atoms with Gasteiger partial charge in [-0.15, -0.1) is 11.3 Å². The highest BCUT2D eigenvalue weighted by atomic mass is 32.1. The molecule has 6 heteroatoms. The fourth-order valence-electron chi connectivity index (χ4n) is 2.79. The lowest BCUT2D eigenvalue weighted by Crippen LogP contribution is -2.52. The molecule has 1 aliphatic rings. The summed E-state index contributed by atoms with van der Waals surface area (Å²) >= 11 is 1.73. The van der Waals surface area contributed by atoms with E-state index in [4.69, 9.17) is 5.26 Å². The van der Waals surface area contributed by atoms with E-state index < -0.39 is 0 Å². The van der Waals surface area contributed by atoms with Crippen molar-refractivity contribution < 1.29 is 4.79 Å². The fraction of sp³-hybridized carbons (Fsp3) is 0.333. The normalized spacial score (nSPS) is 15.7. The topological polar surface area (TPSA) is 59.4 Å². The quantitative estimate of drug-likeness (QED) is 0.933. The summed E-state index contributed by atoms with van der Waals surface area (Å²) in [7, 11) is 0. The van der Waals surface area contributed by atoms with Crippen LogP contribution in [0.1, 0.15) is 24.1 Å². The molecular weight excluding hydrogens is 320 g/mol. The Morgan fingerprint density at radius 2 is 1.92 bits per heavy atom. The smallest absolute Gasteiger partial charge is 0.317 e. The fourth-order valence-corrected chi connectivity index (χ4v) is 3.57. The van der Waals surface area contributed by atoms with E-state index in [0.29, 0.717) is 5.56 Å². The zero-order chi connectivity index (χ0) is 16.9. The molecule has 1 aromatic heterocycles. The van der Waals surface area contributed by atoms with Gasteiger partial charge in [0.05, 0.1) is 22.7 Å². The molecule has 5 nitrogen and oxygen atoms in total. The highest BCUT2D eigenvalue weighted by Gasteiger charge is 2.22. The first-order valence-corrected chi connectivity index (χ1v) is 8.89. The molecule has 1 saturated heterocycles. The van der Waals surface area contributed by atoms with Crippen molar-refractivity contribution in [2.75, 3.05) is 31.1 Å². The van der Waals surface area contributed by atoms with Crippen LogP contribution < -0.4 is 10.2 Å². The lowest BCUT2D eigenvalue weighted by molar-refractivity contribution is 0.191. The number of anilines is 1. The van der Waals surface area contributed by atoms with Gasteiger partial charge in [0.2, 0.25) is 0 Å². The summed E-state index contributed by atoms with van der Waals surface area (Å²) < 4.78 is 0. The van der Waals surface area contributed by atoms with Crippen LogP contribution in [-0.2, 0) is 0 Å². The molecule has 1 aliphatic heterocycles. The van der Waals surface area contributed by atoms with Gasteiger partial charge in [-0.1, -0.05) is 12.1 Å². The van der Waals surface area contributed by atoms with Crippen molar-refractivity contribution in [3.8, 4) is 6.07 Å². The summed E-state index contributed by atoms with van der Waals surface area (Å²) in [5.41, 5.74) is 1.63. The van der Waals surface area contributed by atoms with E-state index in [0.717, 1.165) is 31.7 Å². The first-order valence-electron chi connectivity index (χ1n) is 8.01. The maximum absolute atomic E-state index is 12.4. The summed E-state index contributed by atoms with van der Waals surface area (Å²) in [5.74, 6) is 0. The van der Waals surface area contributed by atoms with Gasteiger partial charge >= 0.3 is 6.03 Å². The Bertz CT molecular complexity index is 712. The van der Waals surface area contributed by atoms with Gasteiger partial charge in [-0.2, -0.15) is 5.26 Å². The molecular formula is C18H20N4OS. The predicted molar refractivity (Wildman–Crippen MR) is 96.2 cm³/mol. The van der Waals surface area contributed by atoms with Crippen LogP contribution in [0.25, 0.3) is 0 Å². The second-order valence-electron chi connectivity index (χ2n) is 5.83. The van der Waals surface area contributed by atoms with Crippen LogP contribution >= 0.6 is 11.3 Å². The van der Waals surface area contributed by atoms with Crippen molar-refractivity contribution in [3.63, 3.8) is 0 Å². The highest BCUT2D eigenvalue weighted by Crippen LogP contribution is 2.22. The largest absolute Gasteiger partial charge is 0.360 e. The molecule has 24 heavy (non-hydrogen) atoms. The number of nitriles is 1. The van der Waals surface area contributed by atoms with E-state index in [2.05, 4.69) is 33.8 Å². The molecule has 0 spiro atoms. The van der Waals surface area contributed by atoms with Gasteiger partial charge in [0, 0.05) is 26.2 Å². The van der Waals surface area contributed by atoms with Crippen molar-refractivity contribution in [3.05, 3.63) is 52.9 Å². The SMILES string of the molecule is C[C@@H](NC(=O)N1CCN(c2cccs2)CC1)c1ccc(C#N)cc1. The molecule has 1 aromatic carbocycles. The monoisotopic (exact) mass is 340 g/mol. The number of urea groups is 1. The van der Waals surface area contributed by atoms with Gasteiger partial charge in [0.25, 0.3) is 0 Å². The number of hydrogen-bond acceptors (Lipinski definition) is 4. The summed E-state index contributed by atoms with van der Waals surface area (Å²) in [6.45, 7) is 5.13. The summed E-state index contributed by atoms with van der Waals surface area (Å²) in [5, 5.41) is 15.2. The van der Waals surface area contributed by atoms with E-state index in [-0.39, 0.29) is 12.1 Å². The zero-order valence-electron chi connectivity index (χ0n) is 13.6. The molecule has 1 N–H and O–H groups in total. The molecule has 124 valence electrons. The molecule has 0 unspecified atom stereocenters. The number of nitrogens with one attached hydrogen (secondary N) is 1. The average molecular weight is 340 g/mol. The third-order valence-electron chi connectivity index (χ3n) is 4.26. The number of benzene rings is 1. The van der Waals surface area contributed by atoms with Gasteiger partial charge < -0.3 is 15.1 Å². The molecule has 0 bridgehead atoms. The van der Waals surface area contributed by atoms with Crippen molar-refractivity contribution in [1.29, 1.82) is 5.26 Å². The lowest BCUT2D eigenvalue weighted by atomic mass is 10.1. The van der Waals surface area contributed by atoms with Crippen LogP contribution in [0.2, 0.25) is 0 Å². The number of nitrogens with zero attached hydrogens (tertiary/aromatic N) is 3. The Hall–Kier alpha value is -2.52. The van der Waals surface area contributed by atoms with Gasteiger partial charge in [-0.25, -0.2) is 4.79 Å². The third-order valence-corrected chi connectivity index (χ3v) is 5.19. The van der Waals surface area contributed by atoms with Crippen LogP contribution in [0.3, 0.4) is 0 Å². The van der Waals surface area contributed by atoms with Crippen LogP contribution in [0, 0.1) is 11.3 Å². The average Bonchev–Trinajstić information content (AvgIpc) is 3.16. The number of carbonyl (C=O) groups excluding carboxylic acids is 1. The van der Waals surface area contributed by atoms with E-state index in [1.165, 1.54) is 5.00 Å². The lowest BCUT2D eigenvalue weighted by Gasteiger charge is -2.35. The van der Waals surface area contributed by atoms with Crippen molar-refractivity contribution in [2.45, 2.75) is 13.0 Å². The number of carbonyl (C=O) groups is 1. The second kappa shape index (κ2) is 7.37. The number of thiophene rings is 1. The van der Waals surface area contributed by atoms with E-state index in [1.807, 2.05) is 24.0 Å². The Morgan fingerprint density at radius 3 is 2.50 bits per heavy atom. The van der Waals surface area contributed by atoms with Crippen molar-refractivity contribution in [1.82, 2.24) is 10.2 Å². The first kappa shape index (κ1) is 16.3. The molecule has 1 fully saturated rings. The van der Waals surface area contributed by atoms with Gasteiger partial charge in [-0.3, -0.25) is 0 Å². The highest BCUT2D eigenvalue weighted by molar-refractivity contribution is 7.14. The maximum Gasteiger partial charge on any atom is 0.317 e. The molecule has 0 aliphatic carbocycles. The second-order valence-corrected chi connectivity index (χ2v) is 6.76. The van der Waals surface area contributed by atoms with Gasteiger partial charge in [-0.05, 0) is 42.1 Å². The summed E-state index contributed by atoms with van der Waals surface area (Å²) in [6.07, 6.45) is 0. The number of piperazine rings is 1. The van der Waals surface area contributed by atoms with Crippen LogP contribution in [0.15, 0.2) is 41.8 Å². The molecule has 2 amide bonds. The number of hydrogen-bond donors (Lipinski definition) is 1. The first-order chi connectivity index (χ1) is 11.7. The molecule has 2 aromatic rings. The summed E-state index contributed by atoms with van der Waals surface area (Å²) in [4.78, 5) is 16.6.